The van der Waals surface area contributed by atoms with Crippen molar-refractivity contribution in [3.63, 3.8) is 0 Å². The van der Waals surface area contributed by atoms with Crippen molar-refractivity contribution in [3.8, 4) is 0 Å². The van der Waals surface area contributed by atoms with Gasteiger partial charge in [-0.1, -0.05) is 12.8 Å². The number of piperidine rings is 1. The van der Waals surface area contributed by atoms with Crippen molar-refractivity contribution in [1.29, 1.82) is 0 Å². The minimum absolute atomic E-state index is 0. The van der Waals surface area contributed by atoms with Crippen LogP contribution in [0, 0.1) is 5.92 Å². The van der Waals surface area contributed by atoms with E-state index in [2.05, 4.69) is 15.1 Å². The van der Waals surface area contributed by atoms with Crippen molar-refractivity contribution in [2.75, 3.05) is 25.0 Å². The maximum atomic E-state index is 13.1. The molecule has 2 heterocycles. The number of halogens is 2. The lowest BCUT2D eigenvalue weighted by Gasteiger charge is -2.43. The number of likely N-dealkylation sites (N-methyl/N-ethyl adjacent to an activating group) is 1. The standard InChI is InChI=1S/C18H29N5O.2ClH/c1-18(19)10-4-3-8-15(18)17(24)22(2)14-7-6-12-23(13-14)16-9-5-11-20-21-16;;/h5,9,11,14-15H,3-4,6-8,10,12-13,19H2,1-2H3;2*1H. The minimum atomic E-state index is -0.372. The van der Waals surface area contributed by atoms with Crippen LogP contribution in [0.15, 0.2) is 18.3 Å². The van der Waals surface area contributed by atoms with Crippen LogP contribution in [0.4, 0.5) is 5.82 Å². The molecular formula is C18H31Cl2N5O. The average Bonchev–Trinajstić information content (AvgIpc) is 2.61. The highest BCUT2D eigenvalue weighted by Crippen LogP contribution is 2.33. The minimum Gasteiger partial charge on any atom is -0.353 e. The van der Waals surface area contributed by atoms with Crippen LogP contribution in [0.2, 0.25) is 0 Å². The second-order valence-electron chi connectivity index (χ2n) is 7.58. The van der Waals surface area contributed by atoms with Crippen molar-refractivity contribution in [2.45, 2.75) is 57.0 Å². The number of aromatic nitrogens is 2. The lowest BCUT2D eigenvalue weighted by Crippen LogP contribution is -2.57. The fourth-order valence-corrected chi connectivity index (χ4v) is 4.13. The van der Waals surface area contributed by atoms with E-state index in [1.54, 1.807) is 6.20 Å². The molecule has 1 saturated heterocycles. The monoisotopic (exact) mass is 403 g/mol. The van der Waals surface area contributed by atoms with Gasteiger partial charge >= 0.3 is 0 Å². The molecule has 2 N–H and O–H groups in total. The quantitative estimate of drug-likeness (QED) is 0.839. The Morgan fingerprint density at radius 3 is 2.73 bits per heavy atom. The summed E-state index contributed by atoms with van der Waals surface area (Å²) in [5.41, 5.74) is 6.06. The first-order valence-electron chi connectivity index (χ1n) is 9.07. The van der Waals surface area contributed by atoms with Gasteiger partial charge in [0.2, 0.25) is 5.91 Å². The first kappa shape index (κ1) is 22.9. The zero-order chi connectivity index (χ0) is 17.2. The van der Waals surface area contributed by atoms with E-state index in [9.17, 15) is 4.79 Å². The van der Waals surface area contributed by atoms with E-state index in [4.69, 9.17) is 5.73 Å². The zero-order valence-corrected chi connectivity index (χ0v) is 17.3. The fourth-order valence-electron chi connectivity index (χ4n) is 4.13. The number of anilines is 1. The third kappa shape index (κ3) is 4.99. The van der Waals surface area contributed by atoms with E-state index < -0.39 is 0 Å². The Balaban J connectivity index is 0.00000169. The normalized spacial score (nSPS) is 28.5. The van der Waals surface area contributed by atoms with Gasteiger partial charge in [0.05, 0.1) is 5.92 Å². The second-order valence-corrected chi connectivity index (χ2v) is 7.58. The molecule has 0 spiro atoms. The summed E-state index contributed by atoms with van der Waals surface area (Å²) in [6, 6.07) is 4.10. The van der Waals surface area contributed by atoms with E-state index in [0.29, 0.717) is 0 Å². The average molecular weight is 404 g/mol. The molecule has 1 amide bonds. The highest BCUT2D eigenvalue weighted by Gasteiger charge is 2.40. The molecule has 148 valence electrons. The molecule has 1 saturated carbocycles. The Hall–Kier alpha value is -1.11. The van der Waals surface area contributed by atoms with Crippen LogP contribution in [-0.4, -0.2) is 52.7 Å². The number of hydrogen-bond acceptors (Lipinski definition) is 5. The van der Waals surface area contributed by atoms with Crippen molar-refractivity contribution in [2.24, 2.45) is 11.7 Å². The Morgan fingerprint density at radius 2 is 2.08 bits per heavy atom. The van der Waals surface area contributed by atoms with Crippen LogP contribution in [0.1, 0.15) is 45.4 Å². The molecule has 0 radical (unpaired) electrons. The molecule has 0 aromatic carbocycles. The molecule has 26 heavy (non-hydrogen) atoms. The van der Waals surface area contributed by atoms with E-state index in [-0.39, 0.29) is 48.2 Å². The summed E-state index contributed by atoms with van der Waals surface area (Å²) in [4.78, 5) is 17.2. The predicted molar refractivity (Wildman–Crippen MR) is 109 cm³/mol. The Morgan fingerprint density at radius 1 is 1.31 bits per heavy atom. The zero-order valence-electron chi connectivity index (χ0n) is 15.6. The number of rotatable bonds is 3. The van der Waals surface area contributed by atoms with Crippen molar-refractivity contribution in [3.05, 3.63) is 18.3 Å². The molecule has 1 aromatic heterocycles. The van der Waals surface area contributed by atoms with Crippen LogP contribution in [0.3, 0.4) is 0 Å². The SMILES string of the molecule is CN(C(=O)C1CCCCC1(C)N)C1CCCN(c2cccnn2)C1.Cl.Cl. The van der Waals surface area contributed by atoms with Gasteiger partial charge in [0.1, 0.15) is 0 Å². The van der Waals surface area contributed by atoms with Gasteiger partial charge in [0, 0.05) is 37.9 Å². The summed E-state index contributed by atoms with van der Waals surface area (Å²) in [5.74, 6) is 1.05. The van der Waals surface area contributed by atoms with Gasteiger partial charge in [-0.3, -0.25) is 4.79 Å². The van der Waals surface area contributed by atoms with Gasteiger partial charge in [0.25, 0.3) is 0 Å². The Kier molecular flexibility index (Phi) is 8.57. The lowest BCUT2D eigenvalue weighted by molar-refractivity contribution is -0.139. The molecule has 8 heteroatoms. The third-order valence-corrected chi connectivity index (χ3v) is 5.73. The number of hydrogen-bond donors (Lipinski definition) is 1. The van der Waals surface area contributed by atoms with E-state index in [0.717, 1.165) is 57.4 Å². The molecule has 1 aliphatic heterocycles. The van der Waals surface area contributed by atoms with Gasteiger partial charge in [-0.2, -0.15) is 5.10 Å². The number of carbonyl (C=O) groups is 1. The van der Waals surface area contributed by atoms with Crippen LogP contribution in [-0.2, 0) is 4.79 Å². The summed E-state index contributed by atoms with van der Waals surface area (Å²) in [7, 11) is 1.94. The highest BCUT2D eigenvalue weighted by molar-refractivity contribution is 5.85. The Labute approximate surface area is 168 Å². The number of nitrogens with two attached hydrogens (primary N) is 1. The molecule has 1 aromatic rings. The molecule has 2 aliphatic rings. The topological polar surface area (TPSA) is 75.3 Å². The van der Waals surface area contributed by atoms with E-state index >= 15 is 0 Å². The maximum Gasteiger partial charge on any atom is 0.227 e. The molecule has 0 bridgehead atoms. The summed E-state index contributed by atoms with van der Waals surface area (Å²) in [6.45, 7) is 3.82. The van der Waals surface area contributed by atoms with Gasteiger partial charge in [-0.25, -0.2) is 0 Å². The summed E-state index contributed by atoms with van der Waals surface area (Å²) in [5, 5.41) is 8.18. The van der Waals surface area contributed by atoms with Crippen molar-refractivity contribution < 1.29 is 4.79 Å². The molecule has 3 unspecified atom stereocenters. The van der Waals surface area contributed by atoms with Crippen LogP contribution in [0.5, 0.6) is 0 Å². The predicted octanol–water partition coefficient (Wildman–Crippen LogP) is 2.66. The first-order valence-corrected chi connectivity index (χ1v) is 9.07. The molecule has 3 atom stereocenters. The lowest BCUT2D eigenvalue weighted by atomic mass is 9.74. The van der Waals surface area contributed by atoms with Gasteiger partial charge < -0.3 is 15.5 Å². The van der Waals surface area contributed by atoms with Crippen LogP contribution >= 0.6 is 24.8 Å². The molecular weight excluding hydrogens is 373 g/mol. The van der Waals surface area contributed by atoms with E-state index in [1.807, 2.05) is 31.0 Å². The maximum absolute atomic E-state index is 13.1. The highest BCUT2D eigenvalue weighted by atomic mass is 35.5. The molecule has 6 nitrogen and oxygen atoms in total. The fraction of sp³-hybridized carbons (Fsp3) is 0.722. The molecule has 2 fully saturated rings. The second kappa shape index (κ2) is 9.72. The summed E-state index contributed by atoms with van der Waals surface area (Å²) in [6.07, 6.45) is 7.87. The smallest absolute Gasteiger partial charge is 0.227 e. The van der Waals surface area contributed by atoms with Gasteiger partial charge in [-0.05, 0) is 44.7 Å². The Bertz CT molecular complexity index is 572. The van der Waals surface area contributed by atoms with Crippen LogP contribution < -0.4 is 10.6 Å². The van der Waals surface area contributed by atoms with Gasteiger partial charge in [0.15, 0.2) is 5.82 Å². The third-order valence-electron chi connectivity index (χ3n) is 5.73. The van der Waals surface area contributed by atoms with Crippen molar-refractivity contribution in [1.82, 2.24) is 15.1 Å². The first-order chi connectivity index (χ1) is 11.5. The number of carbonyl (C=O) groups excluding carboxylic acids is 1. The number of nitrogens with zero attached hydrogens (tertiary/aromatic N) is 4. The van der Waals surface area contributed by atoms with Gasteiger partial charge in [-0.15, -0.1) is 29.9 Å². The van der Waals surface area contributed by atoms with Crippen molar-refractivity contribution >= 4 is 36.5 Å². The number of amides is 1. The largest absolute Gasteiger partial charge is 0.353 e. The summed E-state index contributed by atoms with van der Waals surface area (Å²) >= 11 is 0. The van der Waals surface area contributed by atoms with Crippen LogP contribution in [0.25, 0.3) is 0 Å². The molecule has 3 rings (SSSR count). The molecule has 1 aliphatic carbocycles. The summed E-state index contributed by atoms with van der Waals surface area (Å²) < 4.78 is 0. The van der Waals surface area contributed by atoms with E-state index in [1.165, 1.54) is 0 Å².